The Balaban J connectivity index is 1.48. The van der Waals surface area contributed by atoms with Crippen LogP contribution in [0.1, 0.15) is 22.4 Å². The highest BCUT2D eigenvalue weighted by Gasteiger charge is 2.23. The third-order valence-electron chi connectivity index (χ3n) is 4.96. The van der Waals surface area contributed by atoms with E-state index in [4.69, 9.17) is 0 Å². The molecule has 0 saturated heterocycles. The van der Waals surface area contributed by atoms with Crippen LogP contribution in [0.3, 0.4) is 0 Å². The fourth-order valence-electron chi connectivity index (χ4n) is 3.47. The summed E-state index contributed by atoms with van der Waals surface area (Å²) in [5.41, 5.74) is 1.86. The number of rotatable bonds is 5. The Bertz CT molecular complexity index is 1120. The Morgan fingerprint density at radius 2 is 2.21 bits per heavy atom. The molecule has 0 atom stereocenters. The smallest absolute Gasteiger partial charge is 0.262 e. The number of fused-ring (bicyclic) bond motifs is 3. The van der Waals surface area contributed by atoms with Gasteiger partial charge in [-0.25, -0.2) is 9.37 Å². The van der Waals surface area contributed by atoms with E-state index in [1.54, 1.807) is 42.5 Å². The molecule has 1 aliphatic rings. The molecule has 1 amide bonds. The number of aromatic nitrogens is 2. The van der Waals surface area contributed by atoms with Gasteiger partial charge in [-0.1, -0.05) is 23.9 Å². The van der Waals surface area contributed by atoms with Gasteiger partial charge in [-0.3, -0.25) is 14.2 Å². The topological polar surface area (TPSA) is 55.2 Å². The first-order chi connectivity index (χ1) is 13.4. The van der Waals surface area contributed by atoms with E-state index in [-0.39, 0.29) is 23.0 Å². The zero-order valence-electron chi connectivity index (χ0n) is 15.7. The molecular weight excluding hydrogens is 397 g/mol. The summed E-state index contributed by atoms with van der Waals surface area (Å²) in [5, 5.41) is 1.30. The van der Waals surface area contributed by atoms with Crippen molar-refractivity contribution in [1.82, 2.24) is 14.5 Å². The molecule has 0 radical (unpaired) electrons. The molecule has 2 heterocycles. The van der Waals surface area contributed by atoms with Gasteiger partial charge in [0.2, 0.25) is 5.91 Å². The maximum atomic E-state index is 13.3. The zero-order valence-corrected chi connectivity index (χ0v) is 17.3. The minimum absolute atomic E-state index is 0.0348. The average Bonchev–Trinajstić information content (AvgIpc) is 3.24. The van der Waals surface area contributed by atoms with Crippen LogP contribution in [0, 0.1) is 5.82 Å². The van der Waals surface area contributed by atoms with Gasteiger partial charge < -0.3 is 4.90 Å². The van der Waals surface area contributed by atoms with E-state index in [1.807, 2.05) is 0 Å². The Kier molecular flexibility index (Phi) is 5.25. The van der Waals surface area contributed by atoms with Crippen LogP contribution in [0.4, 0.5) is 4.39 Å². The standard InChI is InChI=1S/C20H20FN3O2S2/c1-23(10-12-5-3-6-13(21)9-12)16(25)11-27-20-22-18-17(19(26)24(20)2)14-7-4-8-15(14)28-18/h3,5-6,9H,4,7-8,10-11H2,1-2H3. The Morgan fingerprint density at radius 3 is 3.00 bits per heavy atom. The molecule has 5 nitrogen and oxygen atoms in total. The number of halogens is 1. The maximum Gasteiger partial charge on any atom is 0.262 e. The Labute approximate surface area is 170 Å². The molecule has 0 saturated carbocycles. The van der Waals surface area contributed by atoms with Gasteiger partial charge in [-0.15, -0.1) is 11.3 Å². The molecule has 8 heteroatoms. The molecule has 0 aliphatic heterocycles. The highest BCUT2D eigenvalue weighted by atomic mass is 32.2. The molecular formula is C20H20FN3O2S2. The molecule has 0 fully saturated rings. The second-order valence-corrected chi connectivity index (χ2v) is 8.99. The predicted octanol–water partition coefficient (Wildman–Crippen LogP) is 3.37. The largest absolute Gasteiger partial charge is 0.341 e. The van der Waals surface area contributed by atoms with Gasteiger partial charge in [-0.05, 0) is 42.5 Å². The lowest BCUT2D eigenvalue weighted by atomic mass is 10.2. The molecule has 0 unspecified atom stereocenters. The molecule has 146 valence electrons. The summed E-state index contributed by atoms with van der Waals surface area (Å²) in [6, 6.07) is 6.22. The van der Waals surface area contributed by atoms with Crippen LogP contribution in [0.5, 0.6) is 0 Å². The van der Waals surface area contributed by atoms with Crippen molar-refractivity contribution in [3.63, 3.8) is 0 Å². The van der Waals surface area contributed by atoms with Gasteiger partial charge in [0.1, 0.15) is 10.6 Å². The van der Waals surface area contributed by atoms with Crippen molar-refractivity contribution in [2.24, 2.45) is 7.05 Å². The first-order valence-electron chi connectivity index (χ1n) is 9.06. The number of thiophene rings is 1. The number of carbonyl (C=O) groups excluding carboxylic acids is 1. The fraction of sp³-hybridized carbons (Fsp3) is 0.350. The average molecular weight is 418 g/mol. The van der Waals surface area contributed by atoms with E-state index in [2.05, 4.69) is 4.98 Å². The van der Waals surface area contributed by atoms with E-state index < -0.39 is 0 Å². The van der Waals surface area contributed by atoms with E-state index in [0.29, 0.717) is 11.7 Å². The molecule has 0 bridgehead atoms. The van der Waals surface area contributed by atoms with Gasteiger partial charge in [0.15, 0.2) is 5.16 Å². The van der Waals surface area contributed by atoms with Gasteiger partial charge in [-0.2, -0.15) is 0 Å². The monoisotopic (exact) mass is 417 g/mol. The van der Waals surface area contributed by atoms with Crippen LogP contribution >= 0.6 is 23.1 Å². The van der Waals surface area contributed by atoms with Crippen molar-refractivity contribution in [3.8, 4) is 0 Å². The lowest BCUT2D eigenvalue weighted by Gasteiger charge is -2.17. The van der Waals surface area contributed by atoms with Crippen LogP contribution in [-0.4, -0.2) is 33.2 Å². The maximum absolute atomic E-state index is 13.3. The second kappa shape index (κ2) is 7.67. The van der Waals surface area contributed by atoms with Crippen molar-refractivity contribution >= 4 is 39.2 Å². The quantitative estimate of drug-likeness (QED) is 0.472. The molecule has 4 rings (SSSR count). The van der Waals surface area contributed by atoms with Crippen molar-refractivity contribution in [2.45, 2.75) is 31.0 Å². The molecule has 3 aromatic rings. The number of aryl methyl sites for hydroxylation is 2. The summed E-state index contributed by atoms with van der Waals surface area (Å²) >= 11 is 2.86. The summed E-state index contributed by atoms with van der Waals surface area (Å²) < 4.78 is 14.9. The van der Waals surface area contributed by atoms with Crippen molar-refractivity contribution in [3.05, 3.63) is 56.4 Å². The summed E-state index contributed by atoms with van der Waals surface area (Å²) in [5.74, 6) is -0.247. The number of benzene rings is 1. The first kappa shape index (κ1) is 19.1. The van der Waals surface area contributed by atoms with Crippen LogP contribution in [0.15, 0.2) is 34.2 Å². The minimum Gasteiger partial charge on any atom is -0.341 e. The van der Waals surface area contributed by atoms with Crippen LogP contribution in [0.2, 0.25) is 0 Å². The summed E-state index contributed by atoms with van der Waals surface area (Å²) in [6.45, 7) is 0.334. The molecule has 0 N–H and O–H groups in total. The third-order valence-corrected chi connectivity index (χ3v) is 7.16. The highest BCUT2D eigenvalue weighted by molar-refractivity contribution is 7.99. The number of hydrogen-bond acceptors (Lipinski definition) is 5. The van der Waals surface area contributed by atoms with Gasteiger partial charge in [0.25, 0.3) is 5.56 Å². The van der Waals surface area contributed by atoms with Crippen molar-refractivity contribution in [1.29, 1.82) is 0 Å². The van der Waals surface area contributed by atoms with E-state index in [1.165, 1.54) is 33.3 Å². The molecule has 28 heavy (non-hydrogen) atoms. The summed E-state index contributed by atoms with van der Waals surface area (Å²) in [4.78, 5) is 33.5. The normalized spacial score (nSPS) is 13.1. The highest BCUT2D eigenvalue weighted by Crippen LogP contribution is 2.35. The number of carbonyl (C=O) groups is 1. The Morgan fingerprint density at radius 1 is 1.39 bits per heavy atom. The van der Waals surface area contributed by atoms with Gasteiger partial charge in [0, 0.05) is 25.5 Å². The molecule has 1 aromatic carbocycles. The lowest BCUT2D eigenvalue weighted by molar-refractivity contribution is -0.127. The van der Waals surface area contributed by atoms with E-state index in [0.717, 1.165) is 40.6 Å². The minimum atomic E-state index is -0.317. The second-order valence-electron chi connectivity index (χ2n) is 6.96. The van der Waals surface area contributed by atoms with E-state index in [9.17, 15) is 14.0 Å². The van der Waals surface area contributed by atoms with Gasteiger partial charge in [0.05, 0.1) is 11.1 Å². The molecule has 2 aromatic heterocycles. The number of thioether (sulfide) groups is 1. The van der Waals surface area contributed by atoms with Gasteiger partial charge >= 0.3 is 0 Å². The predicted molar refractivity (Wildman–Crippen MR) is 110 cm³/mol. The Hall–Kier alpha value is -2.19. The lowest BCUT2D eigenvalue weighted by Crippen LogP contribution is -2.28. The fourth-order valence-corrected chi connectivity index (χ4v) is 5.68. The number of hydrogen-bond donors (Lipinski definition) is 0. The van der Waals surface area contributed by atoms with Crippen LogP contribution < -0.4 is 5.56 Å². The summed E-state index contributed by atoms with van der Waals surface area (Å²) in [6.07, 6.45) is 3.07. The summed E-state index contributed by atoms with van der Waals surface area (Å²) in [7, 11) is 3.39. The molecule has 1 aliphatic carbocycles. The van der Waals surface area contributed by atoms with Crippen LogP contribution in [-0.2, 0) is 31.2 Å². The van der Waals surface area contributed by atoms with Crippen LogP contribution in [0.25, 0.3) is 10.2 Å². The SMILES string of the molecule is CN(Cc1cccc(F)c1)C(=O)CSc1nc2sc3c(c2c(=O)n1C)CCC3. The first-order valence-corrected chi connectivity index (χ1v) is 10.9. The van der Waals surface area contributed by atoms with Crippen molar-refractivity contribution in [2.75, 3.05) is 12.8 Å². The van der Waals surface area contributed by atoms with E-state index >= 15 is 0 Å². The molecule has 0 spiro atoms. The van der Waals surface area contributed by atoms with Crippen molar-refractivity contribution < 1.29 is 9.18 Å². The zero-order chi connectivity index (χ0) is 19.8. The number of amides is 1. The third kappa shape index (κ3) is 3.58. The number of nitrogens with zero attached hydrogens (tertiary/aromatic N) is 3.